The molecule has 0 aromatic rings. The van der Waals surface area contributed by atoms with Crippen LogP contribution in [-0.4, -0.2) is 53.7 Å². The molecule has 0 rings (SSSR count). The van der Waals surface area contributed by atoms with Gasteiger partial charge in [-0.1, -0.05) is 26.7 Å². The van der Waals surface area contributed by atoms with Gasteiger partial charge in [0.15, 0.2) is 6.29 Å². The molecule has 8 nitrogen and oxygen atoms in total. The Morgan fingerprint density at radius 1 is 0.964 bits per heavy atom. The van der Waals surface area contributed by atoms with E-state index in [9.17, 15) is 14.7 Å². The third-order valence-corrected chi connectivity index (χ3v) is 4.30. The minimum atomic E-state index is -1.27. The van der Waals surface area contributed by atoms with Crippen LogP contribution in [0.1, 0.15) is 79.6 Å². The fourth-order valence-corrected chi connectivity index (χ4v) is 2.67. The van der Waals surface area contributed by atoms with Gasteiger partial charge in [-0.25, -0.2) is 0 Å². The summed E-state index contributed by atoms with van der Waals surface area (Å²) < 4.78 is 23.1. The summed E-state index contributed by atoms with van der Waals surface area (Å²) >= 11 is 0. The van der Waals surface area contributed by atoms with Crippen molar-refractivity contribution >= 4 is 11.9 Å². The molecule has 28 heavy (non-hydrogen) atoms. The van der Waals surface area contributed by atoms with Crippen molar-refractivity contribution in [2.75, 3.05) is 13.2 Å². The van der Waals surface area contributed by atoms with E-state index in [1.165, 1.54) is 0 Å². The highest BCUT2D eigenvalue weighted by Gasteiger charge is 2.33. The second-order valence-electron chi connectivity index (χ2n) is 7.02. The molecule has 0 aliphatic rings. The molecule has 3 unspecified atom stereocenters. The molecule has 0 saturated carbocycles. The van der Waals surface area contributed by atoms with Crippen LogP contribution in [0.5, 0.6) is 0 Å². The SMILES string of the molecule is CCCCOC(C)(OCCCC)OC(C)OC(C)C(CCCC(=O)O)C(=O)O. The standard InChI is InChI=1S/C20H38O8/c1-6-8-13-25-20(5,26-14-9-7-2)28-16(4)27-15(3)17(19(23)24)11-10-12-18(21)22/h15-17H,6-14H2,1-5H3,(H,21,22)(H,23,24). The monoisotopic (exact) mass is 406 g/mol. The maximum atomic E-state index is 11.5. The van der Waals surface area contributed by atoms with Crippen molar-refractivity contribution in [1.29, 1.82) is 0 Å². The summed E-state index contributed by atoms with van der Waals surface area (Å²) in [5.74, 6) is -4.06. The molecule has 2 N–H and O–H groups in total. The number of carboxylic acid groups (broad SMARTS) is 2. The van der Waals surface area contributed by atoms with Gasteiger partial charge in [0.2, 0.25) is 0 Å². The Hall–Kier alpha value is -1.22. The number of aliphatic carboxylic acids is 2. The fraction of sp³-hybridized carbons (Fsp3) is 0.900. The first-order valence-electron chi connectivity index (χ1n) is 10.2. The first-order valence-corrected chi connectivity index (χ1v) is 10.2. The van der Waals surface area contributed by atoms with Gasteiger partial charge in [0.25, 0.3) is 5.97 Å². The van der Waals surface area contributed by atoms with Crippen LogP contribution in [0.25, 0.3) is 0 Å². The van der Waals surface area contributed by atoms with E-state index in [0.717, 1.165) is 25.7 Å². The van der Waals surface area contributed by atoms with E-state index in [2.05, 4.69) is 13.8 Å². The van der Waals surface area contributed by atoms with E-state index < -0.39 is 36.2 Å². The lowest BCUT2D eigenvalue weighted by Gasteiger charge is -2.34. The second-order valence-corrected chi connectivity index (χ2v) is 7.02. The zero-order valence-corrected chi connectivity index (χ0v) is 17.9. The van der Waals surface area contributed by atoms with Crippen LogP contribution in [0.2, 0.25) is 0 Å². The van der Waals surface area contributed by atoms with E-state index in [-0.39, 0.29) is 19.3 Å². The molecule has 0 amide bonds. The molecule has 0 saturated heterocycles. The lowest BCUT2D eigenvalue weighted by Crippen LogP contribution is -2.42. The lowest BCUT2D eigenvalue weighted by atomic mass is 9.97. The zero-order valence-electron chi connectivity index (χ0n) is 17.9. The molecule has 0 radical (unpaired) electrons. The smallest absolute Gasteiger partial charge is 0.309 e. The molecule has 8 heteroatoms. The van der Waals surface area contributed by atoms with Crippen molar-refractivity contribution in [3.05, 3.63) is 0 Å². The van der Waals surface area contributed by atoms with Gasteiger partial charge in [-0.2, -0.15) is 0 Å². The lowest BCUT2D eigenvalue weighted by molar-refractivity contribution is -0.411. The number of ether oxygens (including phenoxy) is 4. The molecule has 0 aromatic carbocycles. The molecule has 3 atom stereocenters. The highest BCUT2D eigenvalue weighted by molar-refractivity contribution is 5.71. The van der Waals surface area contributed by atoms with Crippen molar-refractivity contribution in [3.8, 4) is 0 Å². The van der Waals surface area contributed by atoms with Crippen LogP contribution in [0.4, 0.5) is 0 Å². The summed E-state index contributed by atoms with van der Waals surface area (Å²) in [5.41, 5.74) is 0. The number of hydrogen-bond donors (Lipinski definition) is 2. The van der Waals surface area contributed by atoms with Crippen molar-refractivity contribution in [2.24, 2.45) is 5.92 Å². The number of carbonyl (C=O) groups is 2. The van der Waals surface area contributed by atoms with Gasteiger partial charge in [0, 0.05) is 13.3 Å². The van der Waals surface area contributed by atoms with E-state index in [4.69, 9.17) is 24.1 Å². The number of hydrogen-bond acceptors (Lipinski definition) is 6. The van der Waals surface area contributed by atoms with Gasteiger partial charge in [-0.15, -0.1) is 0 Å². The van der Waals surface area contributed by atoms with E-state index >= 15 is 0 Å². The summed E-state index contributed by atoms with van der Waals surface area (Å²) in [6.07, 6.45) is 2.69. The number of unbranched alkanes of at least 4 members (excludes halogenated alkanes) is 2. The summed E-state index contributed by atoms with van der Waals surface area (Å²) in [4.78, 5) is 22.2. The molecule has 0 aliphatic carbocycles. The Bertz CT molecular complexity index is 430. The van der Waals surface area contributed by atoms with E-state index in [1.54, 1.807) is 20.8 Å². The fourth-order valence-electron chi connectivity index (χ4n) is 2.67. The van der Waals surface area contributed by atoms with Crippen LogP contribution in [0.3, 0.4) is 0 Å². The molecular weight excluding hydrogens is 368 g/mol. The Kier molecular flexibility index (Phi) is 14.1. The predicted molar refractivity (Wildman–Crippen MR) is 104 cm³/mol. The first kappa shape index (κ1) is 26.8. The predicted octanol–water partition coefficient (Wildman–Crippen LogP) is 4.02. The van der Waals surface area contributed by atoms with Crippen LogP contribution in [-0.2, 0) is 28.5 Å². The number of rotatable bonds is 18. The third kappa shape index (κ3) is 12.3. The first-order chi connectivity index (χ1) is 13.1. The van der Waals surface area contributed by atoms with Gasteiger partial charge in [-0.05, 0) is 39.5 Å². The molecule has 0 aromatic heterocycles. The van der Waals surface area contributed by atoms with Gasteiger partial charge >= 0.3 is 11.9 Å². The topological polar surface area (TPSA) is 112 Å². The average Bonchev–Trinajstić information content (AvgIpc) is 2.58. The second kappa shape index (κ2) is 14.7. The van der Waals surface area contributed by atoms with Gasteiger partial charge in [0.05, 0.1) is 25.2 Å². The van der Waals surface area contributed by atoms with Crippen LogP contribution in [0, 0.1) is 5.92 Å². The minimum Gasteiger partial charge on any atom is -0.481 e. The quantitative estimate of drug-likeness (QED) is 0.259. The molecule has 0 aliphatic heterocycles. The highest BCUT2D eigenvalue weighted by atomic mass is 16.9. The largest absolute Gasteiger partial charge is 0.481 e. The zero-order chi connectivity index (χ0) is 21.6. The summed E-state index contributed by atoms with van der Waals surface area (Å²) in [6, 6.07) is 0. The molecule has 166 valence electrons. The molecule has 0 spiro atoms. The molecule has 0 heterocycles. The van der Waals surface area contributed by atoms with Gasteiger partial charge in [0.1, 0.15) is 0 Å². The third-order valence-electron chi connectivity index (χ3n) is 4.30. The summed E-state index contributed by atoms with van der Waals surface area (Å²) in [7, 11) is 0. The number of carboxylic acids is 2. The van der Waals surface area contributed by atoms with E-state index in [0.29, 0.717) is 13.2 Å². The maximum absolute atomic E-state index is 11.5. The van der Waals surface area contributed by atoms with Crippen molar-refractivity contribution < 1.29 is 38.7 Å². The van der Waals surface area contributed by atoms with Crippen LogP contribution in [0.15, 0.2) is 0 Å². The Balaban J connectivity index is 4.76. The summed E-state index contributed by atoms with van der Waals surface area (Å²) in [6.45, 7) is 10.1. The van der Waals surface area contributed by atoms with Gasteiger partial charge < -0.3 is 24.4 Å². The molecular formula is C20H38O8. The Morgan fingerprint density at radius 2 is 1.50 bits per heavy atom. The van der Waals surface area contributed by atoms with E-state index in [1.807, 2.05) is 0 Å². The average molecular weight is 407 g/mol. The Morgan fingerprint density at radius 3 is 1.93 bits per heavy atom. The van der Waals surface area contributed by atoms with Crippen LogP contribution < -0.4 is 0 Å². The Labute approximate surface area is 168 Å². The van der Waals surface area contributed by atoms with Crippen molar-refractivity contribution in [3.63, 3.8) is 0 Å². The summed E-state index contributed by atoms with van der Waals surface area (Å²) in [5, 5.41) is 18.2. The normalized spacial score (nSPS) is 15.2. The minimum absolute atomic E-state index is 0.0723. The van der Waals surface area contributed by atoms with Crippen molar-refractivity contribution in [1.82, 2.24) is 0 Å². The maximum Gasteiger partial charge on any atom is 0.309 e. The molecule has 0 fully saturated rings. The van der Waals surface area contributed by atoms with Crippen LogP contribution >= 0.6 is 0 Å². The van der Waals surface area contributed by atoms with Gasteiger partial charge in [-0.3, -0.25) is 14.3 Å². The van der Waals surface area contributed by atoms with Crippen molar-refractivity contribution in [2.45, 2.75) is 97.9 Å². The highest BCUT2D eigenvalue weighted by Crippen LogP contribution is 2.23. The molecule has 0 bridgehead atoms.